The maximum Gasteiger partial charge on any atom is 0.231 e. The number of hydrogen-bond donors (Lipinski definition) is 1. The first kappa shape index (κ1) is 13.8. The van der Waals surface area contributed by atoms with Crippen LogP contribution < -0.4 is 9.47 Å². The van der Waals surface area contributed by atoms with Crippen LogP contribution in [0.5, 0.6) is 11.5 Å². The Morgan fingerprint density at radius 3 is 2.78 bits per heavy atom. The van der Waals surface area contributed by atoms with Gasteiger partial charge in [-0.15, -0.1) is 12.4 Å². The van der Waals surface area contributed by atoms with Crippen LogP contribution in [0, 0.1) is 0 Å². The number of aromatic amines is 1. The van der Waals surface area contributed by atoms with Gasteiger partial charge in [-0.25, -0.2) is 9.97 Å². The highest BCUT2D eigenvalue weighted by Gasteiger charge is 2.17. The number of hydrogen-bond acceptors (Lipinski definition) is 5. The highest BCUT2D eigenvalue weighted by molar-refractivity contribution is 5.96. The number of benzene rings is 2. The second-order valence-electron chi connectivity index (χ2n) is 5.12. The second-order valence-corrected chi connectivity index (χ2v) is 5.12. The van der Waals surface area contributed by atoms with Crippen molar-refractivity contribution in [1.82, 2.24) is 20.2 Å². The van der Waals surface area contributed by atoms with Gasteiger partial charge in [0.15, 0.2) is 11.5 Å². The van der Waals surface area contributed by atoms with E-state index in [1.165, 1.54) is 0 Å². The molecule has 0 saturated heterocycles. The Bertz CT molecular complexity index is 1030. The minimum Gasteiger partial charge on any atom is -0.454 e. The zero-order chi connectivity index (χ0) is 14.5. The number of halogens is 1. The van der Waals surface area contributed by atoms with Crippen LogP contribution in [0.1, 0.15) is 0 Å². The normalized spacial score (nSPS) is 12.5. The molecule has 6 nitrogen and oxygen atoms in total. The summed E-state index contributed by atoms with van der Waals surface area (Å²) < 4.78 is 10.9. The summed E-state index contributed by atoms with van der Waals surface area (Å²) in [7, 11) is 0. The molecule has 0 amide bonds. The van der Waals surface area contributed by atoms with Crippen molar-refractivity contribution in [3.8, 4) is 22.8 Å². The number of aromatic nitrogens is 4. The third-order valence-electron chi connectivity index (χ3n) is 3.85. The number of nitrogens with zero attached hydrogens (tertiary/aromatic N) is 3. The standard InChI is InChI=1S/C16H10N4O2.ClH/c1-2-10-6-19-20-12(10)3-9(1)16-11-4-14-15(22-8-21-14)5-13(11)17-7-18-16;/h1-7H,8H2,(H,19,20);1H. The topological polar surface area (TPSA) is 72.9 Å². The highest BCUT2D eigenvalue weighted by atomic mass is 35.5. The fraction of sp³-hybridized carbons (Fsp3) is 0.0625. The van der Waals surface area contributed by atoms with Gasteiger partial charge in [-0.2, -0.15) is 5.10 Å². The first-order valence-corrected chi connectivity index (χ1v) is 6.86. The Morgan fingerprint density at radius 1 is 1.00 bits per heavy atom. The van der Waals surface area contributed by atoms with Gasteiger partial charge in [0.25, 0.3) is 0 Å². The van der Waals surface area contributed by atoms with E-state index in [0.29, 0.717) is 0 Å². The zero-order valence-electron chi connectivity index (χ0n) is 11.8. The predicted molar refractivity (Wildman–Crippen MR) is 88.0 cm³/mol. The number of rotatable bonds is 1. The first-order chi connectivity index (χ1) is 10.9. The Hall–Kier alpha value is -2.86. The lowest BCUT2D eigenvalue weighted by Crippen LogP contribution is -1.92. The number of nitrogens with one attached hydrogen (secondary N) is 1. The molecule has 3 heterocycles. The minimum atomic E-state index is 0. The van der Waals surface area contributed by atoms with Gasteiger partial charge in [0.05, 0.1) is 22.9 Å². The Morgan fingerprint density at radius 2 is 1.87 bits per heavy atom. The van der Waals surface area contributed by atoms with Crippen LogP contribution in [0.3, 0.4) is 0 Å². The summed E-state index contributed by atoms with van der Waals surface area (Å²) in [5.41, 5.74) is 3.67. The SMILES string of the molecule is Cl.c1nc(-c2ccc3cn[nH]c3c2)c2cc3c(cc2n1)OCO3. The molecule has 5 rings (SSSR count). The molecular formula is C16H11ClN4O2. The summed E-state index contributed by atoms with van der Waals surface area (Å²) >= 11 is 0. The average Bonchev–Trinajstić information content (AvgIpc) is 3.19. The van der Waals surface area contributed by atoms with Crippen molar-refractivity contribution in [2.45, 2.75) is 0 Å². The summed E-state index contributed by atoms with van der Waals surface area (Å²) in [5.74, 6) is 1.45. The van der Waals surface area contributed by atoms with Crippen LogP contribution in [-0.2, 0) is 0 Å². The van der Waals surface area contributed by atoms with Crippen molar-refractivity contribution >= 4 is 34.2 Å². The van der Waals surface area contributed by atoms with Gasteiger partial charge < -0.3 is 9.47 Å². The quantitative estimate of drug-likeness (QED) is 0.581. The van der Waals surface area contributed by atoms with E-state index in [-0.39, 0.29) is 19.2 Å². The lowest BCUT2D eigenvalue weighted by molar-refractivity contribution is 0.174. The Balaban J connectivity index is 0.00000135. The van der Waals surface area contributed by atoms with Crippen LogP contribution in [0.4, 0.5) is 0 Å². The highest BCUT2D eigenvalue weighted by Crippen LogP contribution is 2.38. The molecule has 0 spiro atoms. The van der Waals surface area contributed by atoms with E-state index < -0.39 is 0 Å². The molecule has 0 atom stereocenters. The molecule has 23 heavy (non-hydrogen) atoms. The average molecular weight is 327 g/mol. The van der Waals surface area contributed by atoms with Gasteiger partial charge in [-0.1, -0.05) is 12.1 Å². The third kappa shape index (κ3) is 2.07. The molecule has 4 aromatic rings. The van der Waals surface area contributed by atoms with Crippen LogP contribution >= 0.6 is 12.4 Å². The van der Waals surface area contributed by atoms with Crippen LogP contribution in [0.25, 0.3) is 33.1 Å². The van der Waals surface area contributed by atoms with Gasteiger partial charge in [0.1, 0.15) is 6.33 Å². The molecule has 1 N–H and O–H groups in total. The van der Waals surface area contributed by atoms with E-state index in [1.807, 2.05) is 30.3 Å². The van der Waals surface area contributed by atoms with Crippen molar-refractivity contribution < 1.29 is 9.47 Å². The molecule has 0 aliphatic carbocycles. The fourth-order valence-corrected chi connectivity index (χ4v) is 2.76. The minimum absolute atomic E-state index is 0. The van der Waals surface area contributed by atoms with E-state index in [4.69, 9.17) is 9.47 Å². The predicted octanol–water partition coefficient (Wildman–Crippen LogP) is 3.32. The molecule has 0 unspecified atom stereocenters. The molecule has 0 saturated carbocycles. The molecule has 2 aromatic heterocycles. The molecule has 0 fully saturated rings. The van der Waals surface area contributed by atoms with Crippen molar-refractivity contribution in [1.29, 1.82) is 0 Å². The van der Waals surface area contributed by atoms with Crippen LogP contribution in [0.2, 0.25) is 0 Å². The molecule has 2 aromatic carbocycles. The smallest absolute Gasteiger partial charge is 0.231 e. The van der Waals surface area contributed by atoms with Crippen LogP contribution in [-0.4, -0.2) is 27.0 Å². The summed E-state index contributed by atoms with van der Waals surface area (Å²) in [5, 5.41) is 9.04. The number of ether oxygens (including phenoxy) is 2. The van der Waals surface area contributed by atoms with E-state index in [0.717, 1.165) is 44.6 Å². The van der Waals surface area contributed by atoms with Gasteiger partial charge in [-0.05, 0) is 12.1 Å². The zero-order valence-corrected chi connectivity index (χ0v) is 12.6. The van der Waals surface area contributed by atoms with Gasteiger partial charge in [0.2, 0.25) is 6.79 Å². The van der Waals surface area contributed by atoms with Gasteiger partial charge in [0, 0.05) is 22.4 Å². The van der Waals surface area contributed by atoms with E-state index in [2.05, 4.69) is 20.2 Å². The lowest BCUT2D eigenvalue weighted by Gasteiger charge is -2.06. The van der Waals surface area contributed by atoms with E-state index in [1.54, 1.807) is 12.5 Å². The van der Waals surface area contributed by atoms with Crippen molar-refractivity contribution in [3.63, 3.8) is 0 Å². The van der Waals surface area contributed by atoms with Gasteiger partial charge >= 0.3 is 0 Å². The molecule has 7 heteroatoms. The van der Waals surface area contributed by atoms with E-state index in [9.17, 15) is 0 Å². The molecule has 114 valence electrons. The van der Waals surface area contributed by atoms with Crippen molar-refractivity contribution in [2.24, 2.45) is 0 Å². The summed E-state index contributed by atoms with van der Waals surface area (Å²) in [6.45, 7) is 0.245. The van der Waals surface area contributed by atoms with E-state index >= 15 is 0 Å². The lowest BCUT2D eigenvalue weighted by atomic mass is 10.0. The monoisotopic (exact) mass is 326 g/mol. The molecular weight excluding hydrogens is 316 g/mol. The fourth-order valence-electron chi connectivity index (χ4n) is 2.76. The molecule has 0 radical (unpaired) electrons. The largest absolute Gasteiger partial charge is 0.454 e. The van der Waals surface area contributed by atoms with Gasteiger partial charge in [-0.3, -0.25) is 5.10 Å². The maximum atomic E-state index is 5.46. The Kier molecular flexibility index (Phi) is 3.06. The third-order valence-corrected chi connectivity index (χ3v) is 3.85. The number of H-pyrrole nitrogens is 1. The molecule has 0 bridgehead atoms. The summed E-state index contributed by atoms with van der Waals surface area (Å²) in [6, 6.07) is 9.91. The Labute approximate surface area is 136 Å². The summed E-state index contributed by atoms with van der Waals surface area (Å²) in [6.07, 6.45) is 3.37. The second kappa shape index (κ2) is 5.10. The number of fused-ring (bicyclic) bond motifs is 3. The molecule has 1 aliphatic rings. The van der Waals surface area contributed by atoms with Crippen LogP contribution in [0.15, 0.2) is 42.9 Å². The summed E-state index contributed by atoms with van der Waals surface area (Å²) in [4.78, 5) is 8.78. The maximum absolute atomic E-state index is 5.46. The molecule has 1 aliphatic heterocycles. The first-order valence-electron chi connectivity index (χ1n) is 6.86. The van der Waals surface area contributed by atoms with Crippen molar-refractivity contribution in [3.05, 3.63) is 42.9 Å². The van der Waals surface area contributed by atoms with Crippen molar-refractivity contribution in [2.75, 3.05) is 6.79 Å².